The molecule has 1 amide bonds. The topological polar surface area (TPSA) is 78.3 Å². The van der Waals surface area contributed by atoms with Crippen molar-refractivity contribution in [1.82, 2.24) is 14.5 Å². The number of aromatic nitrogens is 3. The van der Waals surface area contributed by atoms with Crippen LogP contribution in [0.25, 0.3) is 16.7 Å². The predicted octanol–water partition coefficient (Wildman–Crippen LogP) is 4.01. The number of para-hydroxylation sites is 1. The van der Waals surface area contributed by atoms with Gasteiger partial charge in [0.2, 0.25) is 5.88 Å². The Labute approximate surface area is 174 Å². The molecule has 30 heavy (non-hydrogen) atoms. The van der Waals surface area contributed by atoms with Crippen molar-refractivity contribution < 1.29 is 14.3 Å². The highest BCUT2D eigenvalue weighted by molar-refractivity contribution is 6.06. The summed E-state index contributed by atoms with van der Waals surface area (Å²) in [6, 6.07) is 19.0. The second-order valence-corrected chi connectivity index (χ2v) is 6.68. The van der Waals surface area contributed by atoms with E-state index in [4.69, 9.17) is 9.47 Å². The Kier molecular flexibility index (Phi) is 5.72. The molecule has 2 heterocycles. The minimum absolute atomic E-state index is 0.256. The fraction of sp³-hybridized carbons (Fsp3) is 0.174. The molecule has 1 N–H and O–H groups in total. The summed E-state index contributed by atoms with van der Waals surface area (Å²) in [6.45, 7) is 2.73. The molecule has 4 aromatic rings. The lowest BCUT2D eigenvalue weighted by atomic mass is 10.1. The Balaban J connectivity index is 1.60. The molecule has 0 spiro atoms. The number of hydrogen-bond donors (Lipinski definition) is 1. The second kappa shape index (κ2) is 8.75. The summed E-state index contributed by atoms with van der Waals surface area (Å²) in [5, 5.41) is 2.87. The van der Waals surface area contributed by atoms with Crippen molar-refractivity contribution in [2.75, 3.05) is 25.6 Å². The van der Waals surface area contributed by atoms with Gasteiger partial charge in [0.15, 0.2) is 0 Å². The molecule has 0 saturated heterocycles. The first kappa shape index (κ1) is 19.6. The van der Waals surface area contributed by atoms with E-state index in [1.54, 1.807) is 37.6 Å². The number of imidazole rings is 1. The lowest BCUT2D eigenvalue weighted by molar-refractivity contribution is 0.102. The van der Waals surface area contributed by atoms with Gasteiger partial charge in [0.1, 0.15) is 18.1 Å². The van der Waals surface area contributed by atoms with Gasteiger partial charge in [-0.3, -0.25) is 9.36 Å². The minimum atomic E-state index is -0.256. The summed E-state index contributed by atoms with van der Waals surface area (Å²) in [5.41, 5.74) is 3.74. The summed E-state index contributed by atoms with van der Waals surface area (Å²) in [4.78, 5) is 21.7. The van der Waals surface area contributed by atoms with Crippen LogP contribution in [0.3, 0.4) is 0 Å². The SMILES string of the molecule is COCCOc1ncccc1NC(=O)c1ccc2c(c1)nc(C)n2-c1ccccc1. The van der Waals surface area contributed by atoms with Gasteiger partial charge in [0.05, 0.1) is 17.6 Å². The van der Waals surface area contributed by atoms with E-state index in [-0.39, 0.29) is 5.91 Å². The van der Waals surface area contributed by atoms with Crippen LogP contribution >= 0.6 is 0 Å². The number of rotatable bonds is 7. The van der Waals surface area contributed by atoms with Gasteiger partial charge in [0.25, 0.3) is 5.91 Å². The third-order valence-electron chi connectivity index (χ3n) is 4.64. The van der Waals surface area contributed by atoms with Crippen molar-refractivity contribution in [3.05, 3.63) is 78.2 Å². The molecule has 4 rings (SSSR count). The third-order valence-corrected chi connectivity index (χ3v) is 4.64. The van der Waals surface area contributed by atoms with E-state index in [0.29, 0.717) is 30.3 Å². The molecule has 2 aromatic heterocycles. The highest BCUT2D eigenvalue weighted by Crippen LogP contribution is 2.24. The van der Waals surface area contributed by atoms with Gasteiger partial charge in [-0.25, -0.2) is 9.97 Å². The third kappa shape index (κ3) is 4.01. The smallest absolute Gasteiger partial charge is 0.255 e. The number of methoxy groups -OCH3 is 1. The first-order valence-electron chi connectivity index (χ1n) is 9.60. The Bertz CT molecular complexity index is 1170. The second-order valence-electron chi connectivity index (χ2n) is 6.68. The number of carbonyl (C=O) groups is 1. The summed E-state index contributed by atoms with van der Waals surface area (Å²) < 4.78 is 12.6. The molecule has 0 fully saturated rings. The maximum Gasteiger partial charge on any atom is 0.255 e. The molecular weight excluding hydrogens is 380 g/mol. The molecule has 0 unspecified atom stereocenters. The molecule has 2 aromatic carbocycles. The number of amides is 1. The van der Waals surface area contributed by atoms with Crippen LogP contribution in [0.2, 0.25) is 0 Å². The van der Waals surface area contributed by atoms with Crippen molar-refractivity contribution in [2.45, 2.75) is 6.92 Å². The van der Waals surface area contributed by atoms with E-state index >= 15 is 0 Å². The van der Waals surface area contributed by atoms with E-state index in [2.05, 4.69) is 19.9 Å². The van der Waals surface area contributed by atoms with Crippen LogP contribution in [0, 0.1) is 6.92 Å². The van der Waals surface area contributed by atoms with Gasteiger partial charge < -0.3 is 14.8 Å². The summed E-state index contributed by atoms with van der Waals surface area (Å²) in [5.74, 6) is 0.955. The Morgan fingerprint density at radius 2 is 1.90 bits per heavy atom. The van der Waals surface area contributed by atoms with Crippen LogP contribution in [0.4, 0.5) is 5.69 Å². The highest BCUT2D eigenvalue weighted by Gasteiger charge is 2.14. The number of hydrogen-bond acceptors (Lipinski definition) is 5. The molecule has 0 bridgehead atoms. The van der Waals surface area contributed by atoms with Crippen LogP contribution in [-0.2, 0) is 4.74 Å². The average molecular weight is 402 g/mol. The van der Waals surface area contributed by atoms with Gasteiger partial charge in [-0.15, -0.1) is 0 Å². The number of pyridine rings is 1. The van der Waals surface area contributed by atoms with Crippen molar-refractivity contribution in [3.8, 4) is 11.6 Å². The number of anilines is 1. The largest absolute Gasteiger partial charge is 0.474 e. The minimum Gasteiger partial charge on any atom is -0.474 e. The first-order chi connectivity index (χ1) is 14.7. The molecule has 0 atom stereocenters. The van der Waals surface area contributed by atoms with Crippen molar-refractivity contribution in [1.29, 1.82) is 0 Å². The van der Waals surface area contributed by atoms with Crippen molar-refractivity contribution in [3.63, 3.8) is 0 Å². The molecule has 0 aliphatic carbocycles. The molecule has 0 aliphatic rings. The summed E-state index contributed by atoms with van der Waals surface area (Å²) in [6.07, 6.45) is 1.61. The van der Waals surface area contributed by atoms with E-state index in [1.165, 1.54) is 0 Å². The van der Waals surface area contributed by atoms with Crippen LogP contribution in [0.1, 0.15) is 16.2 Å². The van der Waals surface area contributed by atoms with E-state index in [0.717, 1.165) is 22.5 Å². The van der Waals surface area contributed by atoms with Gasteiger partial charge in [-0.05, 0) is 49.4 Å². The molecule has 0 aliphatic heterocycles. The number of ether oxygens (including phenoxy) is 2. The fourth-order valence-corrected chi connectivity index (χ4v) is 3.26. The number of nitrogens with one attached hydrogen (secondary N) is 1. The monoisotopic (exact) mass is 402 g/mol. The lowest BCUT2D eigenvalue weighted by Gasteiger charge is -2.11. The molecule has 7 heteroatoms. The fourth-order valence-electron chi connectivity index (χ4n) is 3.26. The molecular formula is C23H22N4O3. The zero-order valence-corrected chi connectivity index (χ0v) is 16.8. The number of nitrogens with zero attached hydrogens (tertiary/aromatic N) is 3. The zero-order valence-electron chi connectivity index (χ0n) is 16.8. The molecule has 152 valence electrons. The Hall–Kier alpha value is -3.71. The molecule has 0 saturated carbocycles. The van der Waals surface area contributed by atoms with Crippen molar-refractivity contribution in [2.24, 2.45) is 0 Å². The number of aryl methyl sites for hydroxylation is 1. The van der Waals surface area contributed by atoms with Gasteiger partial charge >= 0.3 is 0 Å². The maximum atomic E-state index is 12.8. The van der Waals surface area contributed by atoms with Gasteiger partial charge in [-0.2, -0.15) is 0 Å². The van der Waals surface area contributed by atoms with Crippen molar-refractivity contribution >= 4 is 22.6 Å². The van der Waals surface area contributed by atoms with E-state index in [9.17, 15) is 4.79 Å². The predicted molar refractivity (Wildman–Crippen MR) is 115 cm³/mol. The van der Waals surface area contributed by atoms with E-state index in [1.807, 2.05) is 43.3 Å². The number of carbonyl (C=O) groups excluding carboxylic acids is 1. The lowest BCUT2D eigenvalue weighted by Crippen LogP contribution is -2.14. The Morgan fingerprint density at radius 3 is 2.70 bits per heavy atom. The quantitative estimate of drug-likeness (QED) is 0.473. The van der Waals surface area contributed by atoms with E-state index < -0.39 is 0 Å². The highest BCUT2D eigenvalue weighted by atomic mass is 16.5. The van der Waals surface area contributed by atoms with Gasteiger partial charge in [-0.1, -0.05) is 18.2 Å². The zero-order chi connectivity index (χ0) is 20.9. The molecule has 7 nitrogen and oxygen atoms in total. The number of fused-ring (bicyclic) bond motifs is 1. The van der Waals surface area contributed by atoms with Crippen LogP contribution in [-0.4, -0.2) is 40.8 Å². The summed E-state index contributed by atoms with van der Waals surface area (Å²) in [7, 11) is 1.60. The van der Waals surface area contributed by atoms with Crippen LogP contribution < -0.4 is 10.1 Å². The Morgan fingerprint density at radius 1 is 1.07 bits per heavy atom. The molecule has 0 radical (unpaired) electrons. The van der Waals surface area contributed by atoms with Gasteiger partial charge in [0, 0.05) is 24.6 Å². The van der Waals surface area contributed by atoms with Crippen LogP contribution in [0.5, 0.6) is 5.88 Å². The number of benzene rings is 2. The maximum absolute atomic E-state index is 12.8. The first-order valence-corrected chi connectivity index (χ1v) is 9.60. The summed E-state index contributed by atoms with van der Waals surface area (Å²) >= 11 is 0. The average Bonchev–Trinajstić information content (AvgIpc) is 3.10. The standard InChI is InChI=1S/C23H22N4O3/c1-16-25-20-15-17(10-11-21(20)27(16)18-7-4-3-5-8-18)22(28)26-19-9-6-12-24-23(19)30-14-13-29-2/h3-12,15H,13-14H2,1-2H3,(H,26,28). The van der Waals surface area contributed by atoms with Crippen LogP contribution in [0.15, 0.2) is 66.9 Å². The normalized spacial score (nSPS) is 10.9.